The van der Waals surface area contributed by atoms with Gasteiger partial charge in [0.1, 0.15) is 5.82 Å². The summed E-state index contributed by atoms with van der Waals surface area (Å²) in [6, 6.07) is 23.0. The number of esters is 1. The molecule has 136 valence electrons. The topological polar surface area (TPSA) is 55.4 Å². The van der Waals surface area contributed by atoms with Crippen molar-refractivity contribution >= 4 is 17.6 Å². The minimum absolute atomic E-state index is 0.222. The Morgan fingerprint density at radius 1 is 0.852 bits per heavy atom. The predicted octanol–water partition coefficient (Wildman–Crippen LogP) is 4.22. The molecule has 1 amide bonds. The van der Waals surface area contributed by atoms with Crippen molar-refractivity contribution in [2.75, 3.05) is 11.9 Å². The van der Waals surface area contributed by atoms with E-state index in [9.17, 15) is 14.0 Å². The lowest BCUT2D eigenvalue weighted by Crippen LogP contribution is -2.22. The van der Waals surface area contributed by atoms with Crippen molar-refractivity contribution in [1.29, 1.82) is 0 Å². The smallest absolute Gasteiger partial charge is 0.310 e. The molecule has 0 saturated heterocycles. The highest BCUT2D eigenvalue weighted by atomic mass is 19.1. The fourth-order valence-electron chi connectivity index (χ4n) is 2.64. The number of nitrogens with one attached hydrogen (secondary N) is 1. The molecule has 0 radical (unpaired) electrons. The average Bonchev–Trinajstić information content (AvgIpc) is 2.69. The Morgan fingerprint density at radius 2 is 1.52 bits per heavy atom. The van der Waals surface area contributed by atoms with Crippen LogP contribution < -0.4 is 5.32 Å². The molecular formula is C22H18FNO3. The second-order valence-electron chi connectivity index (χ2n) is 5.89. The molecule has 0 aliphatic rings. The standard InChI is InChI=1S/C22H18FNO3/c23-19-12-6-4-10-17(19)14-22(26)27-15-21(25)24-20-13-7-5-11-18(20)16-8-2-1-3-9-16/h1-13H,14-15H2,(H,24,25). The number of carbonyl (C=O) groups is 2. The lowest BCUT2D eigenvalue weighted by Gasteiger charge is -2.11. The second-order valence-corrected chi connectivity index (χ2v) is 5.89. The van der Waals surface area contributed by atoms with E-state index >= 15 is 0 Å². The minimum atomic E-state index is -0.661. The van der Waals surface area contributed by atoms with E-state index in [1.54, 1.807) is 18.2 Å². The third kappa shape index (κ3) is 5.01. The molecule has 27 heavy (non-hydrogen) atoms. The predicted molar refractivity (Wildman–Crippen MR) is 102 cm³/mol. The Labute approximate surface area is 156 Å². The number of para-hydroxylation sites is 1. The molecule has 3 aromatic carbocycles. The van der Waals surface area contributed by atoms with Crippen LogP contribution in [0.2, 0.25) is 0 Å². The molecule has 5 heteroatoms. The summed E-state index contributed by atoms with van der Waals surface area (Å²) < 4.78 is 18.5. The van der Waals surface area contributed by atoms with Gasteiger partial charge in [-0.3, -0.25) is 9.59 Å². The summed E-state index contributed by atoms with van der Waals surface area (Å²) in [5, 5.41) is 2.75. The van der Waals surface area contributed by atoms with Gasteiger partial charge in [0.25, 0.3) is 5.91 Å². The summed E-state index contributed by atoms with van der Waals surface area (Å²) in [6.45, 7) is -0.434. The van der Waals surface area contributed by atoms with Crippen molar-refractivity contribution < 1.29 is 18.7 Å². The van der Waals surface area contributed by atoms with Crippen LogP contribution in [0.1, 0.15) is 5.56 Å². The van der Waals surface area contributed by atoms with E-state index in [1.807, 2.05) is 48.5 Å². The summed E-state index contributed by atoms with van der Waals surface area (Å²) in [5.74, 6) is -1.59. The molecule has 0 bridgehead atoms. The number of hydrogen-bond acceptors (Lipinski definition) is 3. The SMILES string of the molecule is O=C(COC(=O)Cc1ccccc1F)Nc1ccccc1-c1ccccc1. The van der Waals surface area contributed by atoms with Crippen LogP contribution in [0.15, 0.2) is 78.9 Å². The van der Waals surface area contributed by atoms with Crippen LogP contribution in [-0.4, -0.2) is 18.5 Å². The molecule has 0 unspecified atom stereocenters. The van der Waals surface area contributed by atoms with Gasteiger partial charge in [0.15, 0.2) is 6.61 Å². The first-order valence-electron chi connectivity index (χ1n) is 8.47. The largest absolute Gasteiger partial charge is 0.455 e. The van der Waals surface area contributed by atoms with Crippen LogP contribution in [0.4, 0.5) is 10.1 Å². The highest BCUT2D eigenvalue weighted by Crippen LogP contribution is 2.27. The second kappa shape index (κ2) is 8.76. The van der Waals surface area contributed by atoms with E-state index in [0.29, 0.717) is 5.69 Å². The number of hydrogen-bond donors (Lipinski definition) is 1. The van der Waals surface area contributed by atoms with Gasteiger partial charge in [-0.05, 0) is 23.3 Å². The molecule has 0 saturated carbocycles. The molecule has 0 atom stereocenters. The van der Waals surface area contributed by atoms with E-state index in [-0.39, 0.29) is 12.0 Å². The summed E-state index contributed by atoms with van der Waals surface area (Å²) in [4.78, 5) is 24.0. The maximum atomic E-state index is 13.6. The Morgan fingerprint density at radius 3 is 2.30 bits per heavy atom. The van der Waals surface area contributed by atoms with Crippen LogP contribution in [0.3, 0.4) is 0 Å². The molecule has 3 rings (SSSR count). The van der Waals surface area contributed by atoms with Crippen LogP contribution in [0, 0.1) is 5.82 Å². The molecule has 1 N–H and O–H groups in total. The molecular weight excluding hydrogens is 345 g/mol. The monoisotopic (exact) mass is 363 g/mol. The van der Waals surface area contributed by atoms with E-state index in [1.165, 1.54) is 12.1 Å². The number of rotatable bonds is 6. The van der Waals surface area contributed by atoms with Crippen LogP contribution in [0.5, 0.6) is 0 Å². The van der Waals surface area contributed by atoms with Gasteiger partial charge in [-0.25, -0.2) is 4.39 Å². The zero-order chi connectivity index (χ0) is 19.1. The van der Waals surface area contributed by atoms with Crippen molar-refractivity contribution in [3.05, 3.63) is 90.2 Å². The average molecular weight is 363 g/mol. The maximum Gasteiger partial charge on any atom is 0.310 e. The highest BCUT2D eigenvalue weighted by molar-refractivity contribution is 5.96. The molecule has 0 aliphatic heterocycles. The van der Waals surface area contributed by atoms with Crippen molar-refractivity contribution in [2.45, 2.75) is 6.42 Å². The molecule has 0 fully saturated rings. The van der Waals surface area contributed by atoms with Gasteiger partial charge < -0.3 is 10.1 Å². The summed E-state index contributed by atoms with van der Waals surface area (Å²) >= 11 is 0. The number of amides is 1. The van der Waals surface area contributed by atoms with Crippen LogP contribution in [-0.2, 0) is 20.7 Å². The first kappa shape index (κ1) is 18.3. The summed E-state index contributed by atoms with van der Waals surface area (Å²) in [6.07, 6.45) is -0.222. The number of ether oxygens (including phenoxy) is 1. The third-order valence-electron chi connectivity index (χ3n) is 3.94. The van der Waals surface area contributed by atoms with Gasteiger partial charge in [0.2, 0.25) is 0 Å². The Balaban J connectivity index is 1.59. The van der Waals surface area contributed by atoms with Crippen molar-refractivity contribution in [2.24, 2.45) is 0 Å². The van der Waals surface area contributed by atoms with Gasteiger partial charge in [0, 0.05) is 11.3 Å². The van der Waals surface area contributed by atoms with Crippen LogP contribution in [0.25, 0.3) is 11.1 Å². The van der Waals surface area contributed by atoms with E-state index in [4.69, 9.17) is 4.74 Å². The van der Waals surface area contributed by atoms with Gasteiger partial charge in [0.05, 0.1) is 6.42 Å². The zero-order valence-corrected chi connectivity index (χ0v) is 14.5. The molecule has 3 aromatic rings. The molecule has 0 spiro atoms. The van der Waals surface area contributed by atoms with Gasteiger partial charge in [-0.1, -0.05) is 66.7 Å². The fourth-order valence-corrected chi connectivity index (χ4v) is 2.64. The fraction of sp³-hybridized carbons (Fsp3) is 0.0909. The minimum Gasteiger partial charge on any atom is -0.455 e. The Kier molecular flexibility index (Phi) is 5.94. The Bertz CT molecular complexity index is 941. The maximum absolute atomic E-state index is 13.6. The van der Waals surface area contributed by atoms with Gasteiger partial charge >= 0.3 is 5.97 Å². The van der Waals surface area contributed by atoms with E-state index < -0.39 is 24.3 Å². The lowest BCUT2D eigenvalue weighted by molar-refractivity contribution is -0.146. The zero-order valence-electron chi connectivity index (χ0n) is 14.5. The Hall–Kier alpha value is -3.47. The molecule has 0 aromatic heterocycles. The molecule has 0 aliphatic carbocycles. The summed E-state index contributed by atoms with van der Waals surface area (Å²) in [5.41, 5.74) is 2.69. The number of carbonyl (C=O) groups excluding carboxylic acids is 2. The van der Waals surface area contributed by atoms with Crippen molar-refractivity contribution in [3.63, 3.8) is 0 Å². The quantitative estimate of drug-likeness (QED) is 0.667. The van der Waals surface area contributed by atoms with Crippen molar-refractivity contribution in [1.82, 2.24) is 0 Å². The van der Waals surface area contributed by atoms with Gasteiger partial charge in [-0.15, -0.1) is 0 Å². The number of halogens is 1. The van der Waals surface area contributed by atoms with Gasteiger partial charge in [-0.2, -0.15) is 0 Å². The third-order valence-corrected chi connectivity index (χ3v) is 3.94. The summed E-state index contributed by atoms with van der Waals surface area (Å²) in [7, 11) is 0. The molecule has 4 nitrogen and oxygen atoms in total. The first-order valence-corrected chi connectivity index (χ1v) is 8.47. The number of benzene rings is 3. The van der Waals surface area contributed by atoms with Crippen LogP contribution >= 0.6 is 0 Å². The molecule has 0 heterocycles. The van der Waals surface area contributed by atoms with E-state index in [2.05, 4.69) is 5.32 Å². The first-order chi connectivity index (χ1) is 13.1. The van der Waals surface area contributed by atoms with Crippen molar-refractivity contribution in [3.8, 4) is 11.1 Å². The highest BCUT2D eigenvalue weighted by Gasteiger charge is 2.12. The lowest BCUT2D eigenvalue weighted by atomic mass is 10.0. The normalized spacial score (nSPS) is 10.3. The number of anilines is 1. The van der Waals surface area contributed by atoms with E-state index in [0.717, 1.165) is 11.1 Å².